The standard InChI is InChI=1S/C20H20N2O2/c23-16-20-12-11-19(24-20)13-21-22(14-17-7-3-1-4-8-17)15-18-9-5-2-6-10-18/h1-13,23H,14-16H2/b21-13+. The second-order valence-electron chi connectivity index (χ2n) is 5.50. The number of nitrogens with zero attached hydrogens (tertiary/aromatic N) is 2. The Morgan fingerprint density at radius 1 is 0.833 bits per heavy atom. The maximum absolute atomic E-state index is 9.07. The molecule has 0 unspecified atom stereocenters. The molecule has 0 radical (unpaired) electrons. The molecule has 0 atom stereocenters. The smallest absolute Gasteiger partial charge is 0.147 e. The highest BCUT2D eigenvalue weighted by Crippen LogP contribution is 2.11. The number of hydrogen-bond acceptors (Lipinski definition) is 4. The van der Waals surface area contributed by atoms with E-state index >= 15 is 0 Å². The molecule has 122 valence electrons. The predicted octanol–water partition coefficient (Wildman–Crippen LogP) is 3.81. The van der Waals surface area contributed by atoms with E-state index < -0.39 is 0 Å². The fourth-order valence-electron chi connectivity index (χ4n) is 2.41. The number of rotatable bonds is 7. The van der Waals surface area contributed by atoms with Crippen LogP contribution in [-0.2, 0) is 19.7 Å². The van der Waals surface area contributed by atoms with Crippen molar-refractivity contribution in [1.29, 1.82) is 0 Å². The van der Waals surface area contributed by atoms with Crippen LogP contribution in [0.5, 0.6) is 0 Å². The molecule has 4 heteroatoms. The van der Waals surface area contributed by atoms with Gasteiger partial charge >= 0.3 is 0 Å². The Labute approximate surface area is 141 Å². The first-order valence-electron chi connectivity index (χ1n) is 7.90. The van der Waals surface area contributed by atoms with Gasteiger partial charge in [0, 0.05) is 0 Å². The number of furan rings is 1. The summed E-state index contributed by atoms with van der Waals surface area (Å²) in [6.45, 7) is 1.31. The molecule has 1 aromatic heterocycles. The molecule has 0 aliphatic carbocycles. The topological polar surface area (TPSA) is 49.0 Å². The van der Waals surface area contributed by atoms with Crippen molar-refractivity contribution in [2.75, 3.05) is 0 Å². The Balaban J connectivity index is 1.75. The average Bonchev–Trinajstić information content (AvgIpc) is 3.10. The van der Waals surface area contributed by atoms with Crippen LogP contribution in [0.4, 0.5) is 0 Å². The summed E-state index contributed by atoms with van der Waals surface area (Å²) in [6, 6.07) is 24.0. The van der Waals surface area contributed by atoms with Gasteiger partial charge in [0.25, 0.3) is 0 Å². The van der Waals surface area contributed by atoms with Gasteiger partial charge in [0.05, 0.1) is 19.3 Å². The summed E-state index contributed by atoms with van der Waals surface area (Å²) in [5.41, 5.74) is 2.39. The molecular formula is C20H20N2O2. The van der Waals surface area contributed by atoms with Crippen molar-refractivity contribution < 1.29 is 9.52 Å². The molecular weight excluding hydrogens is 300 g/mol. The normalized spacial score (nSPS) is 11.0. The van der Waals surface area contributed by atoms with Gasteiger partial charge in [-0.05, 0) is 23.3 Å². The number of hydrazone groups is 1. The first-order chi connectivity index (χ1) is 11.8. The maximum Gasteiger partial charge on any atom is 0.147 e. The van der Waals surface area contributed by atoms with Crippen molar-refractivity contribution in [2.24, 2.45) is 5.10 Å². The van der Waals surface area contributed by atoms with E-state index in [0.29, 0.717) is 24.6 Å². The number of benzene rings is 2. The zero-order valence-electron chi connectivity index (χ0n) is 13.4. The minimum atomic E-state index is -0.106. The van der Waals surface area contributed by atoms with Gasteiger partial charge < -0.3 is 9.52 Å². The van der Waals surface area contributed by atoms with E-state index in [4.69, 9.17) is 9.52 Å². The van der Waals surface area contributed by atoms with Crippen molar-refractivity contribution in [1.82, 2.24) is 5.01 Å². The third kappa shape index (κ3) is 4.57. The third-order valence-corrected chi connectivity index (χ3v) is 3.60. The number of hydrogen-bond donors (Lipinski definition) is 1. The summed E-state index contributed by atoms with van der Waals surface area (Å²) >= 11 is 0. The van der Waals surface area contributed by atoms with E-state index in [1.165, 1.54) is 11.1 Å². The molecule has 3 rings (SSSR count). The van der Waals surface area contributed by atoms with Crippen LogP contribution in [0.1, 0.15) is 22.6 Å². The molecule has 24 heavy (non-hydrogen) atoms. The summed E-state index contributed by atoms with van der Waals surface area (Å²) in [4.78, 5) is 0. The highest BCUT2D eigenvalue weighted by Gasteiger charge is 2.05. The van der Waals surface area contributed by atoms with Gasteiger partial charge in [-0.1, -0.05) is 60.7 Å². The predicted molar refractivity (Wildman–Crippen MR) is 94.4 cm³/mol. The average molecular weight is 320 g/mol. The van der Waals surface area contributed by atoms with E-state index in [1.807, 2.05) is 41.4 Å². The summed E-state index contributed by atoms with van der Waals surface area (Å²) < 4.78 is 5.46. The van der Waals surface area contributed by atoms with Crippen molar-refractivity contribution in [2.45, 2.75) is 19.7 Å². The molecule has 0 bridgehead atoms. The number of aliphatic hydroxyl groups is 1. The Morgan fingerprint density at radius 3 is 1.92 bits per heavy atom. The molecule has 1 heterocycles. The van der Waals surface area contributed by atoms with Crippen LogP contribution < -0.4 is 0 Å². The molecule has 2 aromatic carbocycles. The minimum Gasteiger partial charge on any atom is -0.458 e. The fraction of sp³-hybridized carbons (Fsp3) is 0.150. The molecule has 4 nitrogen and oxygen atoms in total. The SMILES string of the molecule is OCc1ccc(/C=N/N(Cc2ccccc2)Cc2ccccc2)o1. The van der Waals surface area contributed by atoms with Gasteiger partial charge in [0.2, 0.25) is 0 Å². The van der Waals surface area contributed by atoms with E-state index in [0.717, 1.165) is 0 Å². The summed E-state index contributed by atoms with van der Waals surface area (Å²) in [5, 5.41) is 15.6. The minimum absolute atomic E-state index is 0.106. The second-order valence-corrected chi connectivity index (χ2v) is 5.50. The maximum atomic E-state index is 9.07. The van der Waals surface area contributed by atoms with Crippen molar-refractivity contribution in [3.05, 3.63) is 95.4 Å². The quantitative estimate of drug-likeness (QED) is 0.532. The molecule has 0 aliphatic rings. The first kappa shape index (κ1) is 16.0. The van der Waals surface area contributed by atoms with E-state index in [9.17, 15) is 0 Å². The Kier molecular flexibility index (Phi) is 5.43. The van der Waals surface area contributed by atoms with Crippen LogP contribution in [0, 0.1) is 0 Å². The fourth-order valence-corrected chi connectivity index (χ4v) is 2.41. The molecule has 0 spiro atoms. The van der Waals surface area contributed by atoms with Crippen LogP contribution in [0.15, 0.2) is 82.3 Å². The van der Waals surface area contributed by atoms with E-state index in [2.05, 4.69) is 29.4 Å². The lowest BCUT2D eigenvalue weighted by atomic mass is 10.2. The van der Waals surface area contributed by atoms with Crippen LogP contribution in [0.25, 0.3) is 0 Å². The molecule has 0 amide bonds. The van der Waals surface area contributed by atoms with Gasteiger partial charge in [-0.25, -0.2) is 0 Å². The molecule has 0 saturated heterocycles. The van der Waals surface area contributed by atoms with E-state index in [1.54, 1.807) is 18.3 Å². The van der Waals surface area contributed by atoms with Crippen LogP contribution in [0.3, 0.4) is 0 Å². The lowest BCUT2D eigenvalue weighted by molar-refractivity contribution is 0.246. The van der Waals surface area contributed by atoms with Gasteiger partial charge in [-0.15, -0.1) is 0 Å². The van der Waals surface area contributed by atoms with Gasteiger partial charge in [-0.2, -0.15) is 5.10 Å². The van der Waals surface area contributed by atoms with Crippen molar-refractivity contribution in [3.8, 4) is 0 Å². The molecule has 0 fully saturated rings. The Morgan fingerprint density at radius 2 is 1.42 bits per heavy atom. The van der Waals surface area contributed by atoms with Crippen molar-refractivity contribution >= 4 is 6.21 Å². The largest absolute Gasteiger partial charge is 0.458 e. The Bertz CT molecular complexity index is 725. The monoisotopic (exact) mass is 320 g/mol. The van der Waals surface area contributed by atoms with Gasteiger partial charge in [0.1, 0.15) is 18.1 Å². The van der Waals surface area contributed by atoms with Crippen LogP contribution in [0.2, 0.25) is 0 Å². The molecule has 1 N–H and O–H groups in total. The first-order valence-corrected chi connectivity index (χ1v) is 7.90. The highest BCUT2D eigenvalue weighted by atomic mass is 16.4. The number of aliphatic hydroxyl groups excluding tert-OH is 1. The lowest BCUT2D eigenvalue weighted by Gasteiger charge is -2.19. The Hall–Kier alpha value is -2.85. The molecule has 0 saturated carbocycles. The summed E-state index contributed by atoms with van der Waals surface area (Å²) in [7, 11) is 0. The highest BCUT2D eigenvalue weighted by molar-refractivity contribution is 5.75. The molecule has 3 aromatic rings. The zero-order valence-corrected chi connectivity index (χ0v) is 13.4. The van der Waals surface area contributed by atoms with E-state index in [-0.39, 0.29) is 6.61 Å². The second kappa shape index (κ2) is 8.13. The summed E-state index contributed by atoms with van der Waals surface area (Å²) in [6.07, 6.45) is 1.69. The summed E-state index contributed by atoms with van der Waals surface area (Å²) in [5.74, 6) is 1.17. The van der Waals surface area contributed by atoms with Gasteiger partial charge in [-0.3, -0.25) is 5.01 Å². The van der Waals surface area contributed by atoms with Crippen LogP contribution >= 0.6 is 0 Å². The third-order valence-electron chi connectivity index (χ3n) is 3.60. The zero-order chi connectivity index (χ0) is 16.6. The van der Waals surface area contributed by atoms with Gasteiger partial charge in [0.15, 0.2) is 0 Å². The molecule has 0 aliphatic heterocycles. The van der Waals surface area contributed by atoms with Crippen LogP contribution in [-0.4, -0.2) is 16.3 Å². The lowest BCUT2D eigenvalue weighted by Crippen LogP contribution is -2.16. The van der Waals surface area contributed by atoms with Crippen molar-refractivity contribution in [3.63, 3.8) is 0 Å².